The minimum Gasteiger partial charge on any atom is -0.461 e. The highest BCUT2D eigenvalue weighted by Crippen LogP contribution is 2.24. The predicted octanol–water partition coefficient (Wildman–Crippen LogP) is 5.30. The van der Waals surface area contributed by atoms with Gasteiger partial charge in [0, 0.05) is 5.02 Å². The summed E-state index contributed by atoms with van der Waals surface area (Å²) >= 11 is 5.95. The summed E-state index contributed by atoms with van der Waals surface area (Å²) in [6, 6.07) is 25.6. The van der Waals surface area contributed by atoms with E-state index in [1.165, 1.54) is 0 Å². The minimum absolute atomic E-state index is 0.109. The molecule has 0 aromatic heterocycles. The molecular formula is C24H21ClO4. The quantitative estimate of drug-likeness (QED) is 0.474. The molecule has 0 spiro atoms. The summed E-state index contributed by atoms with van der Waals surface area (Å²) in [6.07, 6.45) is -0.109. The number of benzene rings is 3. The van der Waals surface area contributed by atoms with Crippen molar-refractivity contribution in [1.29, 1.82) is 0 Å². The Morgan fingerprint density at radius 2 is 1.24 bits per heavy atom. The summed E-state index contributed by atoms with van der Waals surface area (Å²) in [5.74, 6) is -1.71. The Kier molecular flexibility index (Phi) is 7.42. The molecule has 0 N–H and O–H groups in total. The smallest absolute Gasteiger partial charge is 0.314 e. The third-order valence-electron chi connectivity index (χ3n) is 4.39. The van der Waals surface area contributed by atoms with Crippen LogP contribution >= 0.6 is 11.6 Å². The van der Waals surface area contributed by atoms with Gasteiger partial charge in [0.05, 0.1) is 12.3 Å². The molecule has 3 aromatic carbocycles. The van der Waals surface area contributed by atoms with Crippen LogP contribution in [-0.4, -0.2) is 11.9 Å². The van der Waals surface area contributed by atoms with Crippen molar-refractivity contribution in [2.45, 2.75) is 25.6 Å². The lowest BCUT2D eigenvalue weighted by molar-refractivity contribution is -0.153. The van der Waals surface area contributed by atoms with E-state index < -0.39 is 17.9 Å². The first kappa shape index (κ1) is 20.6. The zero-order valence-electron chi connectivity index (χ0n) is 15.8. The summed E-state index contributed by atoms with van der Waals surface area (Å²) in [7, 11) is 0. The number of hydrogen-bond donors (Lipinski definition) is 0. The van der Waals surface area contributed by atoms with Crippen LogP contribution < -0.4 is 0 Å². The number of carbonyl (C=O) groups is 2. The third kappa shape index (κ3) is 6.47. The van der Waals surface area contributed by atoms with E-state index in [9.17, 15) is 9.59 Å². The van der Waals surface area contributed by atoms with Crippen molar-refractivity contribution in [3.8, 4) is 0 Å². The average molecular weight is 409 g/mol. The summed E-state index contributed by atoms with van der Waals surface area (Å²) in [5, 5.41) is 0.553. The van der Waals surface area contributed by atoms with Gasteiger partial charge >= 0.3 is 11.9 Å². The summed E-state index contributed by atoms with van der Waals surface area (Å²) < 4.78 is 10.8. The van der Waals surface area contributed by atoms with Crippen LogP contribution in [0.3, 0.4) is 0 Å². The van der Waals surface area contributed by atoms with E-state index in [2.05, 4.69) is 0 Å². The molecule has 0 aliphatic heterocycles. The number of esters is 2. The average Bonchev–Trinajstić information content (AvgIpc) is 2.76. The zero-order valence-corrected chi connectivity index (χ0v) is 16.5. The number of halogens is 1. The molecule has 0 bridgehead atoms. The molecule has 5 heteroatoms. The van der Waals surface area contributed by atoms with Gasteiger partial charge in [0.15, 0.2) is 0 Å². The highest BCUT2D eigenvalue weighted by atomic mass is 35.5. The molecule has 3 rings (SSSR count). The predicted molar refractivity (Wildman–Crippen MR) is 111 cm³/mol. The Balaban J connectivity index is 1.66. The van der Waals surface area contributed by atoms with Crippen LogP contribution in [0.15, 0.2) is 84.9 Å². The largest absolute Gasteiger partial charge is 0.461 e. The van der Waals surface area contributed by atoms with Crippen LogP contribution in [0.5, 0.6) is 0 Å². The van der Waals surface area contributed by atoms with Crippen molar-refractivity contribution >= 4 is 23.5 Å². The Morgan fingerprint density at radius 1 is 0.724 bits per heavy atom. The van der Waals surface area contributed by atoms with Crippen molar-refractivity contribution in [1.82, 2.24) is 0 Å². The van der Waals surface area contributed by atoms with Gasteiger partial charge in [-0.15, -0.1) is 0 Å². The fourth-order valence-electron chi connectivity index (χ4n) is 2.83. The second-order valence-electron chi connectivity index (χ2n) is 6.55. The zero-order chi connectivity index (χ0) is 20.5. The summed E-state index contributed by atoms with van der Waals surface area (Å²) in [5.41, 5.74) is 2.42. The van der Waals surface area contributed by atoms with Crippen LogP contribution in [-0.2, 0) is 32.3 Å². The summed E-state index contributed by atoms with van der Waals surface area (Å²) in [6.45, 7) is 0.300. The van der Waals surface area contributed by atoms with Crippen molar-refractivity contribution in [3.63, 3.8) is 0 Å². The minimum atomic E-state index is -0.765. The molecule has 0 saturated heterocycles. The highest BCUT2D eigenvalue weighted by Gasteiger charge is 2.26. The second-order valence-corrected chi connectivity index (χ2v) is 6.98. The molecule has 0 amide bonds. The maximum Gasteiger partial charge on any atom is 0.314 e. The van der Waals surface area contributed by atoms with E-state index >= 15 is 0 Å². The fourth-order valence-corrected chi connectivity index (χ4v) is 2.95. The van der Waals surface area contributed by atoms with E-state index in [0.717, 1.165) is 11.1 Å². The molecule has 0 aliphatic rings. The Hall–Kier alpha value is -3.11. The standard InChI is InChI=1S/C24H21ClO4/c25-21-13-11-20(12-14-21)22(24(27)29-17-19-9-5-2-6-10-19)15-23(26)28-16-18-7-3-1-4-8-18/h1-14,22H,15-17H2. The van der Waals surface area contributed by atoms with E-state index in [0.29, 0.717) is 10.6 Å². The Morgan fingerprint density at radius 3 is 1.79 bits per heavy atom. The lowest BCUT2D eigenvalue weighted by Crippen LogP contribution is -2.20. The first-order valence-corrected chi connectivity index (χ1v) is 9.65. The molecule has 0 fully saturated rings. The second kappa shape index (κ2) is 10.4. The molecule has 0 heterocycles. The molecular weight excluding hydrogens is 388 g/mol. The molecule has 0 radical (unpaired) electrons. The van der Waals surface area contributed by atoms with Gasteiger partial charge in [-0.1, -0.05) is 84.4 Å². The van der Waals surface area contributed by atoms with E-state index in [4.69, 9.17) is 21.1 Å². The number of carbonyl (C=O) groups excluding carboxylic acids is 2. The summed E-state index contributed by atoms with van der Waals surface area (Å²) in [4.78, 5) is 25.1. The molecule has 0 saturated carbocycles. The molecule has 29 heavy (non-hydrogen) atoms. The maximum absolute atomic E-state index is 12.7. The number of hydrogen-bond acceptors (Lipinski definition) is 4. The van der Waals surface area contributed by atoms with Crippen LogP contribution in [0.4, 0.5) is 0 Å². The molecule has 1 unspecified atom stereocenters. The number of ether oxygens (including phenoxy) is 2. The van der Waals surface area contributed by atoms with Gasteiger partial charge in [0.2, 0.25) is 0 Å². The van der Waals surface area contributed by atoms with Gasteiger partial charge in [-0.05, 0) is 28.8 Å². The third-order valence-corrected chi connectivity index (χ3v) is 4.65. The van der Waals surface area contributed by atoms with E-state index in [1.807, 2.05) is 60.7 Å². The van der Waals surface area contributed by atoms with Crippen molar-refractivity contribution in [2.24, 2.45) is 0 Å². The first-order chi connectivity index (χ1) is 14.1. The van der Waals surface area contributed by atoms with Gasteiger partial charge in [0.1, 0.15) is 13.2 Å². The topological polar surface area (TPSA) is 52.6 Å². The van der Waals surface area contributed by atoms with Gasteiger partial charge in [0.25, 0.3) is 0 Å². The van der Waals surface area contributed by atoms with E-state index in [-0.39, 0.29) is 19.6 Å². The highest BCUT2D eigenvalue weighted by molar-refractivity contribution is 6.30. The van der Waals surface area contributed by atoms with Crippen LogP contribution in [0.25, 0.3) is 0 Å². The van der Waals surface area contributed by atoms with Crippen LogP contribution in [0, 0.1) is 0 Å². The van der Waals surface area contributed by atoms with Gasteiger partial charge in [-0.3, -0.25) is 9.59 Å². The molecule has 1 atom stereocenters. The Bertz CT molecular complexity index is 924. The Labute approximate surface area is 175 Å². The molecule has 0 aliphatic carbocycles. The lowest BCUT2D eigenvalue weighted by atomic mass is 9.96. The molecule has 4 nitrogen and oxygen atoms in total. The normalized spacial score (nSPS) is 11.5. The lowest BCUT2D eigenvalue weighted by Gasteiger charge is -2.16. The van der Waals surface area contributed by atoms with Gasteiger partial charge in [-0.2, -0.15) is 0 Å². The monoisotopic (exact) mass is 408 g/mol. The van der Waals surface area contributed by atoms with Crippen LogP contribution in [0.2, 0.25) is 5.02 Å². The van der Waals surface area contributed by atoms with Crippen LogP contribution in [0.1, 0.15) is 29.0 Å². The molecule has 148 valence electrons. The van der Waals surface area contributed by atoms with E-state index in [1.54, 1.807) is 24.3 Å². The van der Waals surface area contributed by atoms with Gasteiger partial charge in [-0.25, -0.2) is 0 Å². The maximum atomic E-state index is 12.7. The van der Waals surface area contributed by atoms with Crippen molar-refractivity contribution < 1.29 is 19.1 Å². The number of rotatable bonds is 8. The van der Waals surface area contributed by atoms with Crippen molar-refractivity contribution in [3.05, 3.63) is 107 Å². The van der Waals surface area contributed by atoms with Gasteiger partial charge < -0.3 is 9.47 Å². The first-order valence-electron chi connectivity index (χ1n) is 9.27. The SMILES string of the molecule is O=C(CC(C(=O)OCc1ccccc1)c1ccc(Cl)cc1)OCc1ccccc1. The fraction of sp³-hybridized carbons (Fsp3) is 0.167. The molecule has 3 aromatic rings. The van der Waals surface area contributed by atoms with Crippen molar-refractivity contribution in [2.75, 3.05) is 0 Å².